The molecule has 0 aromatic heterocycles. The molecule has 3 rings (SSSR count). The Bertz CT molecular complexity index is 970. The Kier molecular flexibility index (Phi) is 5.81. The second-order valence-electron chi connectivity index (χ2n) is 6.90. The van der Waals surface area contributed by atoms with Crippen LogP contribution in [0.1, 0.15) is 36.9 Å². The highest BCUT2D eigenvalue weighted by Gasteiger charge is 2.21. The van der Waals surface area contributed by atoms with Gasteiger partial charge in [0.2, 0.25) is 21.8 Å². The Balaban J connectivity index is 1.58. The summed E-state index contributed by atoms with van der Waals surface area (Å²) in [4.78, 5) is 25.9. The van der Waals surface area contributed by atoms with E-state index in [4.69, 9.17) is 5.14 Å². The average molecular weight is 401 g/mol. The van der Waals surface area contributed by atoms with Crippen LogP contribution in [0.5, 0.6) is 0 Å². The van der Waals surface area contributed by atoms with E-state index in [2.05, 4.69) is 5.32 Å². The number of carbonyl (C=O) groups is 2. The maximum atomic E-state index is 12.3. The molecule has 1 aliphatic heterocycles. The predicted molar refractivity (Wildman–Crippen MR) is 106 cm³/mol. The minimum atomic E-state index is -3.73. The largest absolute Gasteiger partial charge is 0.349 e. The first-order valence-corrected chi connectivity index (χ1v) is 10.6. The minimum absolute atomic E-state index is 0.0337. The quantitative estimate of drug-likeness (QED) is 0.770. The summed E-state index contributed by atoms with van der Waals surface area (Å²) in [5.74, 6) is -0.0132. The predicted octanol–water partition coefficient (Wildman–Crippen LogP) is 1.88. The van der Waals surface area contributed by atoms with Gasteiger partial charge in [-0.05, 0) is 48.7 Å². The normalized spacial score (nSPS) is 15.5. The fraction of sp³-hybridized carbons (Fsp3) is 0.300. The summed E-state index contributed by atoms with van der Waals surface area (Å²) in [5, 5.41) is 7.98. The molecule has 1 fully saturated rings. The van der Waals surface area contributed by atoms with Crippen molar-refractivity contribution in [3.05, 3.63) is 59.7 Å². The van der Waals surface area contributed by atoms with Gasteiger partial charge in [-0.3, -0.25) is 9.59 Å². The number of rotatable bonds is 6. The van der Waals surface area contributed by atoms with E-state index in [1.165, 1.54) is 12.1 Å². The summed E-state index contributed by atoms with van der Waals surface area (Å²) in [6, 6.07) is 13.3. The first-order valence-electron chi connectivity index (χ1n) is 9.05. The van der Waals surface area contributed by atoms with Crippen LogP contribution in [0.3, 0.4) is 0 Å². The van der Waals surface area contributed by atoms with Gasteiger partial charge in [0.05, 0.1) is 17.4 Å². The molecule has 1 saturated heterocycles. The smallest absolute Gasteiger partial charge is 0.238 e. The van der Waals surface area contributed by atoms with Crippen LogP contribution < -0.4 is 15.4 Å². The first kappa shape index (κ1) is 20.0. The zero-order valence-electron chi connectivity index (χ0n) is 15.6. The molecule has 1 aliphatic rings. The van der Waals surface area contributed by atoms with E-state index in [0.717, 1.165) is 29.8 Å². The van der Waals surface area contributed by atoms with Crippen LogP contribution in [0, 0.1) is 0 Å². The fourth-order valence-electron chi connectivity index (χ4n) is 3.22. The second-order valence-corrected chi connectivity index (χ2v) is 8.46. The molecule has 0 bridgehead atoms. The first-order chi connectivity index (χ1) is 13.2. The lowest BCUT2D eigenvalue weighted by Gasteiger charge is -2.17. The van der Waals surface area contributed by atoms with Crippen molar-refractivity contribution in [3.63, 3.8) is 0 Å². The summed E-state index contributed by atoms with van der Waals surface area (Å²) < 4.78 is 22.6. The number of hydrogen-bond donors (Lipinski definition) is 2. The fourth-order valence-corrected chi connectivity index (χ4v) is 3.74. The van der Waals surface area contributed by atoms with Crippen LogP contribution in [0.2, 0.25) is 0 Å². The highest BCUT2D eigenvalue weighted by molar-refractivity contribution is 7.89. The van der Waals surface area contributed by atoms with Crippen LogP contribution in [-0.4, -0.2) is 26.8 Å². The van der Waals surface area contributed by atoms with E-state index in [9.17, 15) is 18.0 Å². The molecule has 148 valence electrons. The summed E-state index contributed by atoms with van der Waals surface area (Å²) in [6.07, 6.45) is 1.67. The number of sulfonamides is 1. The monoisotopic (exact) mass is 401 g/mol. The van der Waals surface area contributed by atoms with Gasteiger partial charge in [0.1, 0.15) is 0 Å². The number of anilines is 1. The van der Waals surface area contributed by atoms with Crippen LogP contribution in [0.15, 0.2) is 53.4 Å². The summed E-state index contributed by atoms with van der Waals surface area (Å²) in [7, 11) is -3.73. The summed E-state index contributed by atoms with van der Waals surface area (Å²) >= 11 is 0. The molecule has 28 heavy (non-hydrogen) atoms. The Hall–Kier alpha value is -2.71. The highest BCUT2D eigenvalue weighted by atomic mass is 32.2. The molecule has 1 heterocycles. The highest BCUT2D eigenvalue weighted by Crippen LogP contribution is 2.22. The van der Waals surface area contributed by atoms with Crippen molar-refractivity contribution in [3.8, 4) is 0 Å². The molecule has 0 spiro atoms. The number of benzene rings is 2. The van der Waals surface area contributed by atoms with E-state index in [-0.39, 0.29) is 29.2 Å². The number of hydrogen-bond acceptors (Lipinski definition) is 4. The van der Waals surface area contributed by atoms with Gasteiger partial charge in [-0.15, -0.1) is 0 Å². The second kappa shape index (κ2) is 8.12. The van der Waals surface area contributed by atoms with E-state index in [1.54, 1.807) is 17.0 Å². The summed E-state index contributed by atoms with van der Waals surface area (Å²) in [6.45, 7) is 2.56. The van der Waals surface area contributed by atoms with Gasteiger partial charge < -0.3 is 10.2 Å². The lowest BCUT2D eigenvalue weighted by molar-refractivity contribution is -0.121. The topological polar surface area (TPSA) is 110 Å². The number of nitrogens with one attached hydrogen (secondary N) is 1. The van der Waals surface area contributed by atoms with Gasteiger partial charge in [0.15, 0.2) is 0 Å². The molecule has 0 radical (unpaired) electrons. The van der Waals surface area contributed by atoms with Crippen molar-refractivity contribution < 1.29 is 18.0 Å². The number of amides is 2. The van der Waals surface area contributed by atoms with E-state index in [1.807, 2.05) is 31.2 Å². The third-order valence-corrected chi connectivity index (χ3v) is 5.70. The molecule has 2 aromatic carbocycles. The van der Waals surface area contributed by atoms with Gasteiger partial charge in [0, 0.05) is 18.7 Å². The zero-order chi connectivity index (χ0) is 20.3. The van der Waals surface area contributed by atoms with Crippen LogP contribution in [-0.2, 0) is 26.0 Å². The van der Waals surface area contributed by atoms with Crippen molar-refractivity contribution in [2.45, 2.75) is 37.1 Å². The molecule has 8 heteroatoms. The minimum Gasteiger partial charge on any atom is -0.349 e. The molecular formula is C20H23N3O4S. The van der Waals surface area contributed by atoms with Crippen molar-refractivity contribution in [1.29, 1.82) is 0 Å². The summed E-state index contributed by atoms with van der Waals surface area (Å²) in [5.41, 5.74) is 2.49. The standard InChI is InChI=1S/C20H23N3O4S/c1-14(16-6-10-18(11-7-16)28(21,26)27)22-19(24)13-15-4-8-17(9-5-15)23-12-2-3-20(23)25/h4-11,14H,2-3,12-13H2,1H3,(H,22,24)(H2,21,26,27)/t14-/m0/s1. The number of nitrogens with two attached hydrogens (primary N) is 1. The van der Waals surface area contributed by atoms with Crippen molar-refractivity contribution in [1.82, 2.24) is 5.32 Å². The molecular weight excluding hydrogens is 378 g/mol. The number of nitrogens with zero attached hydrogens (tertiary/aromatic N) is 1. The maximum Gasteiger partial charge on any atom is 0.238 e. The van der Waals surface area contributed by atoms with Gasteiger partial charge >= 0.3 is 0 Å². The molecule has 1 atom stereocenters. The van der Waals surface area contributed by atoms with Crippen LogP contribution in [0.4, 0.5) is 5.69 Å². The average Bonchev–Trinajstić information content (AvgIpc) is 3.07. The number of carbonyl (C=O) groups excluding carboxylic acids is 2. The SMILES string of the molecule is C[C@H](NC(=O)Cc1ccc(N2CCCC2=O)cc1)c1ccc(S(N)(=O)=O)cc1. The lowest BCUT2D eigenvalue weighted by atomic mass is 10.1. The van der Waals surface area contributed by atoms with Gasteiger partial charge in [-0.2, -0.15) is 0 Å². The zero-order valence-corrected chi connectivity index (χ0v) is 16.4. The van der Waals surface area contributed by atoms with E-state index >= 15 is 0 Å². The molecule has 2 amide bonds. The molecule has 2 aromatic rings. The van der Waals surface area contributed by atoms with Crippen molar-refractivity contribution in [2.75, 3.05) is 11.4 Å². The molecule has 7 nitrogen and oxygen atoms in total. The Labute approximate surface area is 164 Å². The van der Waals surface area contributed by atoms with E-state index in [0.29, 0.717) is 6.42 Å². The molecule has 0 saturated carbocycles. The lowest BCUT2D eigenvalue weighted by Crippen LogP contribution is -2.28. The van der Waals surface area contributed by atoms with Gasteiger partial charge in [-0.25, -0.2) is 13.6 Å². The van der Waals surface area contributed by atoms with Gasteiger partial charge in [0.25, 0.3) is 0 Å². The molecule has 0 aliphatic carbocycles. The maximum absolute atomic E-state index is 12.3. The van der Waals surface area contributed by atoms with Crippen LogP contribution in [0.25, 0.3) is 0 Å². The number of primary sulfonamides is 1. The molecule has 0 unspecified atom stereocenters. The van der Waals surface area contributed by atoms with E-state index < -0.39 is 10.0 Å². The third kappa shape index (κ3) is 4.76. The van der Waals surface area contributed by atoms with Crippen molar-refractivity contribution >= 4 is 27.5 Å². The van der Waals surface area contributed by atoms with Crippen molar-refractivity contribution in [2.24, 2.45) is 5.14 Å². The Morgan fingerprint density at radius 3 is 2.32 bits per heavy atom. The van der Waals surface area contributed by atoms with Gasteiger partial charge in [-0.1, -0.05) is 24.3 Å². The Morgan fingerprint density at radius 2 is 1.79 bits per heavy atom. The molecule has 3 N–H and O–H groups in total. The Morgan fingerprint density at radius 1 is 1.14 bits per heavy atom. The van der Waals surface area contributed by atoms with Crippen LogP contribution >= 0.6 is 0 Å². The third-order valence-electron chi connectivity index (χ3n) is 4.77.